The number of hydrogen-bond acceptors (Lipinski definition) is 5. The van der Waals surface area contributed by atoms with Gasteiger partial charge in [-0.2, -0.15) is 0 Å². The molecule has 5 nitrogen and oxygen atoms in total. The summed E-state index contributed by atoms with van der Waals surface area (Å²) in [6.45, 7) is 10.1. The molecule has 3 N–H and O–H groups in total. The van der Waals surface area contributed by atoms with Crippen LogP contribution in [-0.4, -0.2) is 51.6 Å². The summed E-state index contributed by atoms with van der Waals surface area (Å²) in [7, 11) is 0. The van der Waals surface area contributed by atoms with Crippen LogP contribution in [0.2, 0.25) is 0 Å². The molecule has 32 heavy (non-hydrogen) atoms. The Morgan fingerprint density at radius 2 is 1.75 bits per heavy atom. The first-order valence-corrected chi connectivity index (χ1v) is 13.1. The maximum absolute atomic E-state index is 11.6. The van der Waals surface area contributed by atoms with Crippen molar-refractivity contribution >= 4 is 0 Å². The lowest BCUT2D eigenvalue weighted by molar-refractivity contribution is -0.271. The second kappa shape index (κ2) is 6.81. The van der Waals surface area contributed by atoms with Crippen LogP contribution < -0.4 is 0 Å². The number of aliphatic hydroxyl groups is 3. The van der Waals surface area contributed by atoms with Gasteiger partial charge in [-0.25, -0.2) is 0 Å². The minimum atomic E-state index is -0.928. The molecule has 0 unspecified atom stereocenters. The molecule has 0 aromatic rings. The van der Waals surface area contributed by atoms with Crippen LogP contribution in [0.1, 0.15) is 79.1 Å². The fourth-order valence-corrected chi connectivity index (χ4v) is 9.53. The molecule has 3 saturated carbocycles. The first-order chi connectivity index (χ1) is 15.0. The highest BCUT2D eigenvalue weighted by atomic mass is 16.7. The summed E-state index contributed by atoms with van der Waals surface area (Å²) in [5, 5.41) is 32.5. The maximum Gasteiger partial charge on any atom is 0.171 e. The predicted molar refractivity (Wildman–Crippen MR) is 121 cm³/mol. The minimum absolute atomic E-state index is 0.195. The molecule has 5 fully saturated rings. The molecule has 180 valence electrons. The van der Waals surface area contributed by atoms with E-state index in [1.54, 1.807) is 0 Å². The zero-order valence-corrected chi connectivity index (χ0v) is 20.2. The third-order valence-corrected chi connectivity index (χ3v) is 11.5. The molecule has 6 aliphatic rings. The van der Waals surface area contributed by atoms with E-state index in [1.807, 2.05) is 0 Å². The lowest BCUT2D eigenvalue weighted by Gasteiger charge is -2.61. The first-order valence-electron chi connectivity index (χ1n) is 13.1. The number of rotatable bonds is 0. The van der Waals surface area contributed by atoms with E-state index >= 15 is 0 Å². The van der Waals surface area contributed by atoms with Crippen LogP contribution in [0.15, 0.2) is 11.6 Å². The minimum Gasteiger partial charge on any atom is -0.390 e. The molecule has 6 rings (SSSR count). The zero-order valence-electron chi connectivity index (χ0n) is 20.2. The Hall–Kier alpha value is -0.460. The number of ether oxygens (including phenoxy) is 2. The molecule has 5 heteroatoms. The van der Waals surface area contributed by atoms with Crippen LogP contribution in [0, 0.1) is 40.4 Å². The summed E-state index contributed by atoms with van der Waals surface area (Å²) in [4.78, 5) is 0. The Kier molecular flexibility index (Phi) is 4.69. The maximum atomic E-state index is 11.6. The van der Waals surface area contributed by atoms with Gasteiger partial charge in [0.25, 0.3) is 0 Å². The fourth-order valence-electron chi connectivity index (χ4n) is 9.53. The quantitative estimate of drug-likeness (QED) is 0.493. The van der Waals surface area contributed by atoms with Gasteiger partial charge in [0.2, 0.25) is 0 Å². The highest BCUT2D eigenvalue weighted by molar-refractivity contribution is 5.32. The standard InChI is InChI=1S/C27H42O5/c1-15-5-10-27(31-14-15)16(2)23-22(32-27)11-19-17-6-9-26(30)13-21(29)20(28)12-25(26,4)18(17)7-8-24(19,23)3/h6,15-16,18-23,28-30H,5,7-14H2,1-4H3/t15-,16+,18-,19-,20-,21-,22+,23+,24+,25-,26-,27-/m1/s1. The molecule has 4 aliphatic carbocycles. The van der Waals surface area contributed by atoms with Gasteiger partial charge >= 0.3 is 0 Å². The van der Waals surface area contributed by atoms with E-state index in [4.69, 9.17) is 9.47 Å². The largest absolute Gasteiger partial charge is 0.390 e. The van der Waals surface area contributed by atoms with Crippen LogP contribution >= 0.6 is 0 Å². The van der Waals surface area contributed by atoms with Gasteiger partial charge in [0, 0.05) is 24.2 Å². The van der Waals surface area contributed by atoms with Crippen molar-refractivity contribution in [2.24, 2.45) is 40.4 Å². The van der Waals surface area contributed by atoms with E-state index < -0.39 is 17.8 Å². The predicted octanol–water partition coefficient (Wildman–Crippen LogP) is 3.80. The smallest absolute Gasteiger partial charge is 0.171 e. The molecule has 2 heterocycles. The van der Waals surface area contributed by atoms with Gasteiger partial charge in [-0.15, -0.1) is 0 Å². The van der Waals surface area contributed by atoms with Crippen molar-refractivity contribution in [3.63, 3.8) is 0 Å². The van der Waals surface area contributed by atoms with Gasteiger partial charge < -0.3 is 24.8 Å². The van der Waals surface area contributed by atoms with Crippen molar-refractivity contribution in [1.82, 2.24) is 0 Å². The third-order valence-electron chi connectivity index (χ3n) is 11.5. The molecule has 0 aromatic carbocycles. The highest BCUT2D eigenvalue weighted by Gasteiger charge is 2.69. The molecule has 0 radical (unpaired) electrons. The van der Waals surface area contributed by atoms with Gasteiger partial charge in [0.1, 0.15) is 0 Å². The molecule has 12 atom stereocenters. The Balaban J connectivity index is 1.31. The van der Waals surface area contributed by atoms with E-state index in [1.165, 1.54) is 12.0 Å². The topological polar surface area (TPSA) is 79.2 Å². The summed E-state index contributed by atoms with van der Waals surface area (Å²) in [6.07, 6.45) is 7.75. The molecule has 0 amide bonds. The Labute approximate surface area is 192 Å². The van der Waals surface area contributed by atoms with Gasteiger partial charge in [0.15, 0.2) is 5.79 Å². The molecule has 2 saturated heterocycles. The van der Waals surface area contributed by atoms with E-state index in [0.717, 1.165) is 32.3 Å². The van der Waals surface area contributed by atoms with E-state index in [9.17, 15) is 15.3 Å². The van der Waals surface area contributed by atoms with Crippen molar-refractivity contribution in [3.05, 3.63) is 11.6 Å². The molecule has 0 aromatic heterocycles. The zero-order chi connectivity index (χ0) is 22.7. The van der Waals surface area contributed by atoms with E-state index in [0.29, 0.717) is 36.5 Å². The summed E-state index contributed by atoms with van der Waals surface area (Å²) < 4.78 is 13.2. The number of hydrogen-bond donors (Lipinski definition) is 3. The van der Waals surface area contributed by atoms with Gasteiger partial charge in [0.05, 0.1) is 30.5 Å². The Morgan fingerprint density at radius 1 is 1.00 bits per heavy atom. The van der Waals surface area contributed by atoms with Crippen molar-refractivity contribution in [1.29, 1.82) is 0 Å². The summed E-state index contributed by atoms with van der Waals surface area (Å²) in [5.41, 5.74) is 0.390. The Bertz CT molecular complexity index is 817. The molecule has 1 spiro atoms. The van der Waals surface area contributed by atoms with Gasteiger partial charge in [-0.05, 0) is 67.6 Å². The highest BCUT2D eigenvalue weighted by Crippen LogP contribution is 2.70. The second-order valence-electron chi connectivity index (χ2n) is 13.0. The van der Waals surface area contributed by atoms with Crippen molar-refractivity contribution < 1.29 is 24.8 Å². The SMILES string of the molecule is C[C@@H]1CC[C@@]2(OC1)O[C@H]1C[C@@H]3C4=CC[C@@]5(O)C[C@@H](O)[C@H](O)C[C@]5(C)[C@@H]4CC[C@]3(C)[C@H]1[C@@H]2C. The van der Waals surface area contributed by atoms with Gasteiger partial charge in [-0.1, -0.05) is 39.3 Å². The lowest BCUT2D eigenvalue weighted by atomic mass is 9.45. The molecular formula is C27H42O5. The average molecular weight is 447 g/mol. The number of aliphatic hydroxyl groups excluding tert-OH is 2. The number of allylic oxidation sites excluding steroid dienone is 1. The first kappa shape index (κ1) is 22.0. The van der Waals surface area contributed by atoms with Crippen LogP contribution in [0.25, 0.3) is 0 Å². The average Bonchev–Trinajstić information content (AvgIpc) is 3.17. The van der Waals surface area contributed by atoms with Gasteiger partial charge in [-0.3, -0.25) is 0 Å². The van der Waals surface area contributed by atoms with Crippen molar-refractivity contribution in [2.45, 2.75) is 109 Å². The molecule has 0 bridgehead atoms. The van der Waals surface area contributed by atoms with E-state index in [2.05, 4.69) is 33.8 Å². The Morgan fingerprint density at radius 3 is 2.47 bits per heavy atom. The second-order valence-corrected chi connectivity index (χ2v) is 13.0. The summed E-state index contributed by atoms with van der Waals surface area (Å²) in [5.74, 6) is 1.89. The normalized spacial score (nSPS) is 61.5. The number of fused-ring (bicyclic) bond motifs is 7. The van der Waals surface area contributed by atoms with Crippen molar-refractivity contribution in [3.8, 4) is 0 Å². The summed E-state index contributed by atoms with van der Waals surface area (Å²) >= 11 is 0. The van der Waals surface area contributed by atoms with Crippen LogP contribution in [0.3, 0.4) is 0 Å². The van der Waals surface area contributed by atoms with E-state index in [-0.39, 0.29) is 35.1 Å². The van der Waals surface area contributed by atoms with Crippen LogP contribution in [0.5, 0.6) is 0 Å². The molecule has 2 aliphatic heterocycles. The van der Waals surface area contributed by atoms with Crippen LogP contribution in [0.4, 0.5) is 0 Å². The lowest BCUT2D eigenvalue weighted by Crippen LogP contribution is -2.63. The third kappa shape index (κ3) is 2.64. The van der Waals surface area contributed by atoms with Crippen LogP contribution in [-0.2, 0) is 9.47 Å². The summed E-state index contributed by atoms with van der Waals surface area (Å²) in [6, 6.07) is 0. The fraction of sp³-hybridized carbons (Fsp3) is 0.926. The van der Waals surface area contributed by atoms with Crippen molar-refractivity contribution in [2.75, 3.05) is 6.61 Å². The molecular weight excluding hydrogens is 404 g/mol. The monoisotopic (exact) mass is 446 g/mol.